The second kappa shape index (κ2) is 6.87. The predicted molar refractivity (Wildman–Crippen MR) is 82.2 cm³/mol. The third-order valence-electron chi connectivity index (χ3n) is 4.30. The molecule has 1 fully saturated rings. The van der Waals surface area contributed by atoms with Gasteiger partial charge in [-0.25, -0.2) is 4.79 Å². The Morgan fingerprint density at radius 3 is 2.82 bits per heavy atom. The number of urea groups is 1. The molecule has 3 rings (SSSR count). The predicted octanol–water partition coefficient (Wildman–Crippen LogP) is 2.48. The van der Waals surface area contributed by atoms with E-state index < -0.39 is 6.10 Å². The second-order valence-corrected chi connectivity index (χ2v) is 5.87. The average Bonchev–Trinajstić information content (AvgIpc) is 3.01. The number of amides is 2. The van der Waals surface area contributed by atoms with E-state index in [1.165, 1.54) is 19.3 Å². The SMILES string of the molecule is O=C(NC[C@@H](O)C1CCCCC1)Nc1ccc2c(c1)OCO2. The van der Waals surface area contributed by atoms with Crippen molar-refractivity contribution in [2.45, 2.75) is 38.2 Å². The standard InChI is InChI=1S/C16H22N2O4/c19-13(11-4-2-1-3-5-11)9-17-16(20)18-12-6-7-14-15(8-12)22-10-21-14/h6-8,11,13,19H,1-5,9-10H2,(H2,17,18,20)/t13-/m1/s1. The van der Waals surface area contributed by atoms with E-state index in [9.17, 15) is 9.90 Å². The molecule has 6 heteroatoms. The molecule has 1 aliphatic carbocycles. The van der Waals surface area contributed by atoms with Crippen molar-refractivity contribution >= 4 is 11.7 Å². The molecule has 0 bridgehead atoms. The number of hydrogen-bond donors (Lipinski definition) is 3. The number of benzene rings is 1. The molecule has 0 unspecified atom stereocenters. The average molecular weight is 306 g/mol. The Kier molecular flexibility index (Phi) is 4.68. The molecule has 6 nitrogen and oxygen atoms in total. The van der Waals surface area contributed by atoms with Gasteiger partial charge in [-0.15, -0.1) is 0 Å². The molecule has 3 N–H and O–H groups in total. The molecule has 2 aliphatic rings. The topological polar surface area (TPSA) is 79.8 Å². The lowest BCUT2D eigenvalue weighted by Crippen LogP contribution is -2.39. The Morgan fingerprint density at radius 1 is 1.23 bits per heavy atom. The van der Waals surface area contributed by atoms with Crippen LogP contribution in [0.4, 0.5) is 10.5 Å². The molecular formula is C16H22N2O4. The van der Waals surface area contributed by atoms with E-state index >= 15 is 0 Å². The third kappa shape index (κ3) is 3.62. The summed E-state index contributed by atoms with van der Waals surface area (Å²) in [6.45, 7) is 0.486. The molecule has 1 heterocycles. The molecular weight excluding hydrogens is 284 g/mol. The van der Waals surface area contributed by atoms with Gasteiger partial charge >= 0.3 is 6.03 Å². The number of carbonyl (C=O) groups is 1. The van der Waals surface area contributed by atoms with E-state index in [1.807, 2.05) is 0 Å². The summed E-state index contributed by atoms with van der Waals surface area (Å²) in [5.74, 6) is 1.61. The van der Waals surface area contributed by atoms with Crippen molar-refractivity contribution in [2.75, 3.05) is 18.7 Å². The molecule has 1 aromatic rings. The van der Waals surface area contributed by atoms with E-state index in [2.05, 4.69) is 10.6 Å². The summed E-state index contributed by atoms with van der Waals surface area (Å²) in [6, 6.07) is 4.91. The van der Waals surface area contributed by atoms with Crippen LogP contribution in [-0.2, 0) is 0 Å². The van der Waals surface area contributed by atoms with Crippen LogP contribution in [0.15, 0.2) is 18.2 Å². The van der Waals surface area contributed by atoms with E-state index in [0.717, 1.165) is 12.8 Å². The highest BCUT2D eigenvalue weighted by Gasteiger charge is 2.22. The minimum atomic E-state index is -0.470. The van der Waals surface area contributed by atoms with Gasteiger partial charge in [0.2, 0.25) is 6.79 Å². The lowest BCUT2D eigenvalue weighted by atomic mass is 9.85. The highest BCUT2D eigenvalue weighted by Crippen LogP contribution is 2.34. The molecule has 120 valence electrons. The fourth-order valence-electron chi connectivity index (χ4n) is 3.03. The number of aliphatic hydroxyl groups is 1. The molecule has 1 aromatic carbocycles. The van der Waals surface area contributed by atoms with Crippen LogP contribution in [0.25, 0.3) is 0 Å². The summed E-state index contributed by atoms with van der Waals surface area (Å²) in [7, 11) is 0. The van der Waals surface area contributed by atoms with Crippen molar-refractivity contribution < 1.29 is 19.4 Å². The monoisotopic (exact) mass is 306 g/mol. The molecule has 1 saturated carbocycles. The molecule has 2 amide bonds. The minimum absolute atomic E-state index is 0.207. The van der Waals surface area contributed by atoms with Gasteiger partial charge in [-0.05, 0) is 30.9 Å². The van der Waals surface area contributed by atoms with Crippen molar-refractivity contribution in [2.24, 2.45) is 5.92 Å². The van der Waals surface area contributed by atoms with E-state index in [1.54, 1.807) is 18.2 Å². The van der Waals surface area contributed by atoms with Gasteiger partial charge in [0.15, 0.2) is 11.5 Å². The fourth-order valence-corrected chi connectivity index (χ4v) is 3.03. The van der Waals surface area contributed by atoms with Gasteiger partial charge in [0.05, 0.1) is 6.10 Å². The molecule has 0 radical (unpaired) electrons. The number of fused-ring (bicyclic) bond motifs is 1. The van der Waals surface area contributed by atoms with E-state index in [-0.39, 0.29) is 19.4 Å². The van der Waals surface area contributed by atoms with Gasteiger partial charge in [0.1, 0.15) is 0 Å². The Bertz CT molecular complexity index is 529. The zero-order chi connectivity index (χ0) is 15.4. The summed E-state index contributed by atoms with van der Waals surface area (Å²) in [4.78, 5) is 11.9. The number of carbonyl (C=O) groups excluding carboxylic acids is 1. The Morgan fingerprint density at radius 2 is 2.00 bits per heavy atom. The number of aliphatic hydroxyl groups excluding tert-OH is 1. The van der Waals surface area contributed by atoms with E-state index in [0.29, 0.717) is 23.1 Å². The van der Waals surface area contributed by atoms with Crippen LogP contribution >= 0.6 is 0 Å². The van der Waals surface area contributed by atoms with Crippen LogP contribution < -0.4 is 20.1 Å². The smallest absolute Gasteiger partial charge is 0.319 e. The summed E-state index contributed by atoms with van der Waals surface area (Å²) >= 11 is 0. The van der Waals surface area contributed by atoms with Gasteiger partial charge in [-0.1, -0.05) is 19.3 Å². The zero-order valence-electron chi connectivity index (χ0n) is 12.5. The molecule has 1 atom stereocenters. The summed E-state index contributed by atoms with van der Waals surface area (Å²) in [5.41, 5.74) is 0.633. The van der Waals surface area contributed by atoms with Gasteiger partial charge < -0.3 is 25.2 Å². The number of rotatable bonds is 4. The van der Waals surface area contributed by atoms with Crippen LogP contribution in [0, 0.1) is 5.92 Å². The third-order valence-corrected chi connectivity index (χ3v) is 4.30. The van der Waals surface area contributed by atoms with Crippen molar-refractivity contribution in [3.05, 3.63) is 18.2 Å². The van der Waals surface area contributed by atoms with Gasteiger partial charge in [-0.3, -0.25) is 0 Å². The Balaban J connectivity index is 1.46. The van der Waals surface area contributed by atoms with Crippen molar-refractivity contribution in [3.8, 4) is 11.5 Å². The van der Waals surface area contributed by atoms with Crippen LogP contribution in [-0.4, -0.2) is 30.6 Å². The van der Waals surface area contributed by atoms with Gasteiger partial charge in [0, 0.05) is 18.3 Å². The fraction of sp³-hybridized carbons (Fsp3) is 0.562. The highest BCUT2D eigenvalue weighted by atomic mass is 16.7. The van der Waals surface area contributed by atoms with Crippen LogP contribution in [0.1, 0.15) is 32.1 Å². The van der Waals surface area contributed by atoms with Crippen molar-refractivity contribution in [3.63, 3.8) is 0 Å². The summed E-state index contributed by atoms with van der Waals surface area (Å²) in [6.07, 6.45) is 5.22. The van der Waals surface area contributed by atoms with E-state index in [4.69, 9.17) is 9.47 Å². The lowest BCUT2D eigenvalue weighted by molar-refractivity contribution is 0.0863. The maximum absolute atomic E-state index is 11.9. The van der Waals surface area contributed by atoms with Crippen LogP contribution in [0.2, 0.25) is 0 Å². The van der Waals surface area contributed by atoms with Gasteiger partial charge in [-0.2, -0.15) is 0 Å². The number of ether oxygens (including phenoxy) is 2. The van der Waals surface area contributed by atoms with Crippen molar-refractivity contribution in [1.29, 1.82) is 0 Å². The maximum Gasteiger partial charge on any atom is 0.319 e. The quantitative estimate of drug-likeness (QED) is 0.798. The molecule has 0 saturated heterocycles. The number of nitrogens with one attached hydrogen (secondary N) is 2. The van der Waals surface area contributed by atoms with Crippen LogP contribution in [0.5, 0.6) is 11.5 Å². The highest BCUT2D eigenvalue weighted by molar-refractivity contribution is 5.89. The Hall–Kier alpha value is -1.95. The van der Waals surface area contributed by atoms with Crippen LogP contribution in [0.3, 0.4) is 0 Å². The molecule has 0 aromatic heterocycles. The first-order valence-electron chi connectivity index (χ1n) is 7.85. The first-order valence-corrected chi connectivity index (χ1v) is 7.85. The molecule has 1 aliphatic heterocycles. The summed E-state index contributed by atoms with van der Waals surface area (Å²) < 4.78 is 10.5. The first-order chi connectivity index (χ1) is 10.7. The molecule has 0 spiro atoms. The number of anilines is 1. The largest absolute Gasteiger partial charge is 0.454 e. The number of hydrogen-bond acceptors (Lipinski definition) is 4. The first kappa shape index (κ1) is 15.0. The van der Waals surface area contributed by atoms with Gasteiger partial charge in [0.25, 0.3) is 0 Å². The maximum atomic E-state index is 11.9. The zero-order valence-corrected chi connectivity index (χ0v) is 12.5. The lowest BCUT2D eigenvalue weighted by Gasteiger charge is -2.26. The second-order valence-electron chi connectivity index (χ2n) is 5.87. The minimum Gasteiger partial charge on any atom is -0.454 e. The normalized spacial score (nSPS) is 18.8. The molecule has 22 heavy (non-hydrogen) atoms. The summed E-state index contributed by atoms with van der Waals surface area (Å²) in [5, 5.41) is 15.6. The van der Waals surface area contributed by atoms with Crippen molar-refractivity contribution in [1.82, 2.24) is 5.32 Å². The Labute approximate surface area is 129 Å².